The summed E-state index contributed by atoms with van der Waals surface area (Å²) >= 11 is 0. The average Bonchev–Trinajstić information content (AvgIpc) is 3.80. The van der Waals surface area contributed by atoms with Crippen LogP contribution >= 0.6 is 0 Å². The van der Waals surface area contributed by atoms with Crippen molar-refractivity contribution in [2.24, 2.45) is 11.8 Å². The first kappa shape index (κ1) is 35.8. The molecule has 11 heteroatoms. The molecule has 268 valence electrons. The Morgan fingerprint density at radius 1 is 1.00 bits per heavy atom. The second kappa shape index (κ2) is 15.5. The highest BCUT2D eigenvalue weighted by Crippen LogP contribution is 2.51. The average molecular weight is 700 g/mol. The molecule has 4 atom stereocenters. The summed E-state index contributed by atoms with van der Waals surface area (Å²) in [7, 11) is 0. The van der Waals surface area contributed by atoms with E-state index in [2.05, 4.69) is 13.2 Å². The van der Waals surface area contributed by atoms with Crippen molar-refractivity contribution in [3.63, 3.8) is 0 Å². The molecule has 1 aliphatic carbocycles. The molecule has 51 heavy (non-hydrogen) atoms. The van der Waals surface area contributed by atoms with Gasteiger partial charge in [0.25, 0.3) is 11.8 Å². The summed E-state index contributed by atoms with van der Waals surface area (Å²) in [5.41, 5.74) is 1.97. The molecular formula is C40H43F2N3O6. The number of fused-ring (bicyclic) bond motifs is 2. The minimum atomic E-state index is -0.986. The molecule has 3 aromatic rings. The van der Waals surface area contributed by atoms with Gasteiger partial charge in [-0.15, -0.1) is 13.2 Å². The summed E-state index contributed by atoms with van der Waals surface area (Å²) in [5.74, 6) is -1.46. The summed E-state index contributed by atoms with van der Waals surface area (Å²) in [5, 5.41) is 0. The lowest BCUT2D eigenvalue weighted by Crippen LogP contribution is -2.57. The number of rotatable bonds is 15. The van der Waals surface area contributed by atoms with Gasteiger partial charge < -0.3 is 28.9 Å². The van der Waals surface area contributed by atoms with E-state index in [1.807, 2.05) is 13.8 Å². The Bertz CT molecular complexity index is 1800. The van der Waals surface area contributed by atoms with Crippen LogP contribution in [-0.2, 0) is 20.9 Å². The van der Waals surface area contributed by atoms with Gasteiger partial charge in [0.05, 0.1) is 31.0 Å². The third kappa shape index (κ3) is 7.39. The summed E-state index contributed by atoms with van der Waals surface area (Å²) in [6.07, 6.45) is 5.18. The highest BCUT2D eigenvalue weighted by atomic mass is 19.1. The van der Waals surface area contributed by atoms with Gasteiger partial charge in [-0.3, -0.25) is 14.4 Å². The zero-order valence-corrected chi connectivity index (χ0v) is 28.9. The fraction of sp³-hybridized carbons (Fsp3) is 0.375. The predicted octanol–water partition coefficient (Wildman–Crippen LogP) is 6.83. The first-order valence-electron chi connectivity index (χ1n) is 17.3. The largest absolute Gasteiger partial charge is 0.454 e. The van der Waals surface area contributed by atoms with Gasteiger partial charge in [0.1, 0.15) is 17.7 Å². The molecule has 3 aromatic carbocycles. The van der Waals surface area contributed by atoms with Crippen LogP contribution in [0.3, 0.4) is 0 Å². The van der Waals surface area contributed by atoms with Crippen molar-refractivity contribution in [2.75, 3.05) is 31.5 Å². The zero-order valence-electron chi connectivity index (χ0n) is 28.9. The van der Waals surface area contributed by atoms with Gasteiger partial charge in [-0.25, -0.2) is 8.78 Å². The summed E-state index contributed by atoms with van der Waals surface area (Å²) in [6, 6.07) is 12.4. The van der Waals surface area contributed by atoms with Crippen molar-refractivity contribution in [1.29, 1.82) is 0 Å². The van der Waals surface area contributed by atoms with Crippen molar-refractivity contribution < 1.29 is 37.4 Å². The monoisotopic (exact) mass is 699 g/mol. The number of benzene rings is 3. The lowest BCUT2D eigenvalue weighted by Gasteiger charge is -2.40. The van der Waals surface area contributed by atoms with Crippen molar-refractivity contribution in [2.45, 2.75) is 57.8 Å². The molecule has 1 saturated carbocycles. The number of amides is 3. The number of nitrogens with zero attached hydrogens (tertiary/aromatic N) is 3. The van der Waals surface area contributed by atoms with Gasteiger partial charge >= 0.3 is 0 Å². The normalized spacial score (nSPS) is 18.5. The van der Waals surface area contributed by atoms with Crippen molar-refractivity contribution in [1.82, 2.24) is 9.80 Å². The molecule has 1 fully saturated rings. The minimum absolute atomic E-state index is 0.00843. The highest BCUT2D eigenvalue weighted by Gasteiger charge is 2.51. The second-order valence-electron chi connectivity index (χ2n) is 13.3. The van der Waals surface area contributed by atoms with Crippen LogP contribution < -0.4 is 14.4 Å². The van der Waals surface area contributed by atoms with Crippen molar-refractivity contribution in [3.05, 3.63) is 114 Å². The van der Waals surface area contributed by atoms with Gasteiger partial charge in [0.15, 0.2) is 11.5 Å². The maximum Gasteiger partial charge on any atom is 0.254 e. The molecule has 6 rings (SSSR count). The van der Waals surface area contributed by atoms with Gasteiger partial charge in [-0.2, -0.15) is 0 Å². The number of ether oxygens (including phenoxy) is 3. The molecule has 0 unspecified atom stereocenters. The molecule has 3 aliphatic rings. The Hall–Kier alpha value is -5.03. The fourth-order valence-electron chi connectivity index (χ4n) is 7.00. The summed E-state index contributed by atoms with van der Waals surface area (Å²) in [4.78, 5) is 48.6. The van der Waals surface area contributed by atoms with Gasteiger partial charge in [0.2, 0.25) is 12.7 Å². The van der Waals surface area contributed by atoms with Crippen LogP contribution in [0.25, 0.3) is 0 Å². The van der Waals surface area contributed by atoms with E-state index in [1.165, 1.54) is 41.3 Å². The van der Waals surface area contributed by atoms with Crippen LogP contribution in [0, 0.1) is 23.5 Å². The summed E-state index contributed by atoms with van der Waals surface area (Å²) < 4.78 is 46.0. The summed E-state index contributed by atoms with van der Waals surface area (Å²) in [6.45, 7) is 11.8. The van der Waals surface area contributed by atoms with E-state index in [9.17, 15) is 18.4 Å². The number of anilines is 1. The second-order valence-corrected chi connectivity index (χ2v) is 13.3. The van der Waals surface area contributed by atoms with E-state index >= 15 is 4.79 Å². The number of hydrogen-bond donors (Lipinski definition) is 0. The van der Waals surface area contributed by atoms with E-state index in [1.54, 1.807) is 46.2 Å². The van der Waals surface area contributed by atoms with Crippen LogP contribution in [0.1, 0.15) is 60.6 Å². The van der Waals surface area contributed by atoms with Crippen LogP contribution in [0.5, 0.6) is 11.5 Å². The molecular weight excluding hydrogens is 656 g/mol. The highest BCUT2D eigenvalue weighted by molar-refractivity contribution is 6.05. The predicted molar refractivity (Wildman–Crippen MR) is 188 cm³/mol. The SMILES string of the molecule is C=CCOC[C@@H]1[C@@H](N(Cc2cccc(F)c2)C(=O)C2CC2)c2cc3c(cc2N1C(=O)[C@H]([C@@H](C)CC)N(CC=C)C(=O)c1ccc(F)cc1)OCO3. The molecule has 0 saturated heterocycles. The van der Waals surface area contributed by atoms with Crippen LogP contribution in [0.4, 0.5) is 14.5 Å². The van der Waals surface area contributed by atoms with Crippen LogP contribution in [-0.4, -0.2) is 66.2 Å². The third-order valence-corrected chi connectivity index (χ3v) is 9.79. The Morgan fingerprint density at radius 3 is 2.37 bits per heavy atom. The Morgan fingerprint density at radius 2 is 1.73 bits per heavy atom. The lowest BCUT2D eigenvalue weighted by molar-refractivity contribution is -0.137. The third-order valence-electron chi connectivity index (χ3n) is 9.79. The van der Waals surface area contributed by atoms with E-state index in [0.29, 0.717) is 34.7 Å². The molecule has 2 heterocycles. The molecule has 0 aromatic heterocycles. The fourth-order valence-corrected chi connectivity index (χ4v) is 7.00. The molecule has 2 aliphatic heterocycles. The smallest absolute Gasteiger partial charge is 0.254 e. The van der Waals surface area contributed by atoms with E-state index in [4.69, 9.17) is 14.2 Å². The molecule has 3 amide bonds. The Kier molecular flexibility index (Phi) is 10.9. The van der Waals surface area contributed by atoms with E-state index < -0.39 is 35.7 Å². The first-order valence-corrected chi connectivity index (χ1v) is 17.3. The van der Waals surface area contributed by atoms with Gasteiger partial charge in [-0.05, 0) is 66.8 Å². The van der Waals surface area contributed by atoms with Crippen LogP contribution in [0.2, 0.25) is 0 Å². The standard InChI is InChI=1S/C40H43F2N3O6/c1-5-17-43(38(46)28-13-15-29(41)16-14-28)36(25(4)7-3)40(48)45-32-21-35-34(50-24-51-35)20-31(32)37(33(45)23-49-18-6-2)44(39(47)27-11-12-27)22-26-9-8-10-30(42)19-26/h5-6,8-10,13-16,19-21,25,27,33,36-37H,1-2,7,11-12,17-18,22-24H2,3-4H3/t25-,33+,36-,37-/m0/s1. The van der Waals surface area contributed by atoms with E-state index in [-0.39, 0.29) is 62.3 Å². The quantitative estimate of drug-likeness (QED) is 0.128. The molecule has 0 N–H and O–H groups in total. The minimum Gasteiger partial charge on any atom is -0.454 e. The van der Waals surface area contributed by atoms with Crippen LogP contribution in [0.15, 0.2) is 86.0 Å². The molecule has 0 bridgehead atoms. The van der Waals surface area contributed by atoms with Crippen molar-refractivity contribution >= 4 is 23.4 Å². The lowest BCUT2D eigenvalue weighted by atomic mass is 9.94. The molecule has 9 nitrogen and oxygen atoms in total. The Balaban J connectivity index is 1.50. The van der Waals surface area contributed by atoms with E-state index in [0.717, 1.165) is 12.8 Å². The van der Waals surface area contributed by atoms with Gasteiger partial charge in [-0.1, -0.05) is 44.6 Å². The maximum atomic E-state index is 15.4. The number of carbonyl (C=O) groups excluding carboxylic acids is 3. The zero-order chi connectivity index (χ0) is 36.2. The first-order chi connectivity index (χ1) is 24.7. The number of halogens is 2. The molecule has 0 radical (unpaired) electrons. The Labute approximate surface area is 297 Å². The van der Waals surface area contributed by atoms with Gasteiger partial charge in [0, 0.05) is 36.2 Å². The topological polar surface area (TPSA) is 88.6 Å². The molecule has 0 spiro atoms. The maximum absolute atomic E-state index is 15.4. The number of hydrogen-bond acceptors (Lipinski definition) is 6. The van der Waals surface area contributed by atoms with Crippen molar-refractivity contribution in [3.8, 4) is 11.5 Å². The number of carbonyl (C=O) groups is 3.